The molecule has 1 rings (SSSR count). The van der Waals surface area contributed by atoms with Crippen LogP contribution < -0.4 is 0 Å². The lowest BCUT2D eigenvalue weighted by Crippen LogP contribution is -2.03. The van der Waals surface area contributed by atoms with E-state index in [-0.39, 0.29) is 10.9 Å². The van der Waals surface area contributed by atoms with Crippen LogP contribution in [0.4, 0.5) is 0 Å². The Balaban J connectivity index is 3.07. The van der Waals surface area contributed by atoms with Crippen LogP contribution in [0.2, 0.25) is 0 Å². The van der Waals surface area contributed by atoms with Gasteiger partial charge in [-0.1, -0.05) is 0 Å². The quantitative estimate of drug-likeness (QED) is 0.611. The van der Waals surface area contributed by atoms with E-state index in [0.717, 1.165) is 11.8 Å². The van der Waals surface area contributed by atoms with Crippen molar-refractivity contribution in [3.63, 3.8) is 0 Å². The molecule has 0 spiro atoms. The summed E-state index contributed by atoms with van der Waals surface area (Å²) < 4.78 is 0. The number of allylic oxidation sites excluding steroid dienone is 2. The number of hydrogen-bond acceptors (Lipinski definition) is 4. The summed E-state index contributed by atoms with van der Waals surface area (Å²) in [5.74, 6) is -0.850. The predicted molar refractivity (Wildman–Crippen MR) is 45.1 cm³/mol. The van der Waals surface area contributed by atoms with Gasteiger partial charge in [0, 0.05) is 0 Å². The number of carbonyl (C=O) groups is 2. The van der Waals surface area contributed by atoms with E-state index in [1.54, 1.807) is 6.92 Å². The number of Topliss-reactive ketones (excluding diaryl/α,β-unsaturated/α-hetero) is 1. The molecule has 0 bridgehead atoms. The standard InChI is InChI=1S/C8H7NO2S/c1-4-6(3-9)8(11)12-7(4)5(2)10/h6H,1-2H3. The van der Waals surface area contributed by atoms with Gasteiger partial charge in [-0.15, -0.1) is 0 Å². The Morgan fingerprint density at radius 3 is 2.50 bits per heavy atom. The Hall–Kier alpha value is -1.08. The third kappa shape index (κ3) is 1.28. The molecular weight excluding hydrogens is 174 g/mol. The molecule has 12 heavy (non-hydrogen) atoms. The summed E-state index contributed by atoms with van der Waals surface area (Å²) in [5.41, 5.74) is 0.597. The lowest BCUT2D eigenvalue weighted by atomic mass is 10.0. The second kappa shape index (κ2) is 3.11. The molecular formula is C8H7NO2S. The van der Waals surface area contributed by atoms with Crippen LogP contribution in [0.25, 0.3) is 0 Å². The molecule has 0 fully saturated rings. The minimum atomic E-state index is -0.714. The van der Waals surface area contributed by atoms with Crippen molar-refractivity contribution < 1.29 is 9.59 Å². The van der Waals surface area contributed by atoms with Gasteiger partial charge in [-0.05, 0) is 31.2 Å². The van der Waals surface area contributed by atoms with Crippen LogP contribution in [0.15, 0.2) is 10.5 Å². The lowest BCUT2D eigenvalue weighted by molar-refractivity contribution is -0.113. The van der Waals surface area contributed by atoms with Crippen molar-refractivity contribution in [2.45, 2.75) is 13.8 Å². The molecule has 0 aromatic rings. The Labute approximate surface area is 74.4 Å². The van der Waals surface area contributed by atoms with Crippen LogP contribution in [0, 0.1) is 17.2 Å². The summed E-state index contributed by atoms with van der Waals surface area (Å²) >= 11 is 0.883. The van der Waals surface area contributed by atoms with Gasteiger partial charge in [-0.25, -0.2) is 0 Å². The first-order valence-corrected chi connectivity index (χ1v) is 4.22. The van der Waals surface area contributed by atoms with Crippen LogP contribution in [0.1, 0.15) is 13.8 Å². The van der Waals surface area contributed by atoms with E-state index in [2.05, 4.69) is 0 Å². The molecule has 4 heteroatoms. The lowest BCUT2D eigenvalue weighted by Gasteiger charge is -1.95. The van der Waals surface area contributed by atoms with E-state index in [9.17, 15) is 9.59 Å². The van der Waals surface area contributed by atoms with Gasteiger partial charge in [0.1, 0.15) is 5.92 Å². The van der Waals surface area contributed by atoms with Gasteiger partial charge in [0.05, 0.1) is 11.0 Å². The topological polar surface area (TPSA) is 57.9 Å². The summed E-state index contributed by atoms with van der Waals surface area (Å²) in [5, 5.41) is 8.34. The van der Waals surface area contributed by atoms with Crippen LogP contribution >= 0.6 is 11.8 Å². The third-order valence-electron chi connectivity index (χ3n) is 1.68. The van der Waals surface area contributed by atoms with Gasteiger partial charge >= 0.3 is 0 Å². The number of carbonyl (C=O) groups excluding carboxylic acids is 2. The number of ketones is 1. The summed E-state index contributed by atoms with van der Waals surface area (Å²) in [7, 11) is 0. The molecule has 0 aliphatic carbocycles. The molecule has 1 unspecified atom stereocenters. The fourth-order valence-electron chi connectivity index (χ4n) is 1.05. The highest BCUT2D eigenvalue weighted by molar-refractivity contribution is 8.18. The highest BCUT2D eigenvalue weighted by atomic mass is 32.2. The molecule has 3 nitrogen and oxygen atoms in total. The zero-order valence-corrected chi connectivity index (χ0v) is 7.57. The Morgan fingerprint density at radius 2 is 2.25 bits per heavy atom. The van der Waals surface area contributed by atoms with E-state index in [4.69, 9.17) is 5.26 Å². The number of hydrogen-bond donors (Lipinski definition) is 0. The van der Waals surface area contributed by atoms with Crippen molar-refractivity contribution >= 4 is 22.7 Å². The largest absolute Gasteiger partial charge is 0.294 e. The molecule has 1 heterocycles. The van der Waals surface area contributed by atoms with Gasteiger partial charge in [0.15, 0.2) is 5.78 Å². The van der Waals surface area contributed by atoms with E-state index in [1.165, 1.54) is 6.92 Å². The van der Waals surface area contributed by atoms with Crippen molar-refractivity contribution in [3.05, 3.63) is 10.5 Å². The first-order chi connectivity index (χ1) is 5.57. The van der Waals surface area contributed by atoms with Crippen LogP contribution in [0.3, 0.4) is 0 Å². The summed E-state index contributed by atoms with van der Waals surface area (Å²) in [6.45, 7) is 3.06. The average Bonchev–Trinajstić information content (AvgIpc) is 2.27. The SMILES string of the molecule is CC(=O)C1=C(C)C(C#N)C(=O)S1. The highest BCUT2D eigenvalue weighted by Crippen LogP contribution is 2.36. The van der Waals surface area contributed by atoms with Gasteiger partial charge in [0.25, 0.3) is 0 Å². The number of thioether (sulfide) groups is 1. The van der Waals surface area contributed by atoms with Crippen LogP contribution in [-0.4, -0.2) is 10.9 Å². The first-order valence-electron chi connectivity index (χ1n) is 3.41. The molecule has 1 aliphatic heterocycles. The van der Waals surface area contributed by atoms with Gasteiger partial charge in [-0.3, -0.25) is 9.59 Å². The summed E-state index contributed by atoms with van der Waals surface area (Å²) in [6.07, 6.45) is 0. The maximum absolute atomic E-state index is 11.1. The summed E-state index contributed by atoms with van der Waals surface area (Å²) in [4.78, 5) is 22.4. The Bertz CT molecular complexity index is 324. The van der Waals surface area contributed by atoms with E-state index >= 15 is 0 Å². The fraction of sp³-hybridized carbons (Fsp3) is 0.375. The fourth-order valence-corrected chi connectivity index (χ4v) is 2.02. The maximum atomic E-state index is 11.1. The Kier molecular flexibility index (Phi) is 2.34. The molecule has 0 saturated heterocycles. The maximum Gasteiger partial charge on any atom is 0.215 e. The van der Waals surface area contributed by atoms with Crippen LogP contribution in [-0.2, 0) is 9.59 Å². The zero-order valence-electron chi connectivity index (χ0n) is 6.75. The van der Waals surface area contributed by atoms with Gasteiger partial charge < -0.3 is 0 Å². The second-order valence-corrected chi connectivity index (χ2v) is 3.57. The molecule has 1 atom stereocenters. The average molecular weight is 181 g/mol. The zero-order chi connectivity index (χ0) is 9.30. The normalized spacial score (nSPS) is 22.8. The number of nitrogens with zero attached hydrogens (tertiary/aromatic N) is 1. The van der Waals surface area contributed by atoms with Crippen molar-refractivity contribution in [2.75, 3.05) is 0 Å². The van der Waals surface area contributed by atoms with E-state index in [0.29, 0.717) is 10.5 Å². The first kappa shape index (κ1) is 9.01. The molecule has 0 aromatic carbocycles. The van der Waals surface area contributed by atoms with Crippen LogP contribution in [0.5, 0.6) is 0 Å². The highest BCUT2D eigenvalue weighted by Gasteiger charge is 2.33. The number of rotatable bonds is 1. The smallest absolute Gasteiger partial charge is 0.215 e. The Morgan fingerprint density at radius 1 is 1.67 bits per heavy atom. The minimum Gasteiger partial charge on any atom is -0.294 e. The van der Waals surface area contributed by atoms with E-state index in [1.807, 2.05) is 6.07 Å². The predicted octanol–water partition coefficient (Wildman–Crippen LogP) is 1.26. The van der Waals surface area contributed by atoms with Crippen molar-refractivity contribution in [3.8, 4) is 6.07 Å². The number of nitriles is 1. The molecule has 0 saturated carbocycles. The third-order valence-corrected chi connectivity index (χ3v) is 2.93. The molecule has 0 aromatic heterocycles. The monoisotopic (exact) mass is 181 g/mol. The minimum absolute atomic E-state index is 0.136. The van der Waals surface area contributed by atoms with Gasteiger partial charge in [0.2, 0.25) is 5.12 Å². The van der Waals surface area contributed by atoms with Crippen molar-refractivity contribution in [1.82, 2.24) is 0 Å². The van der Waals surface area contributed by atoms with Crippen molar-refractivity contribution in [2.24, 2.45) is 5.92 Å². The molecule has 1 aliphatic rings. The summed E-state index contributed by atoms with van der Waals surface area (Å²) in [6, 6.07) is 1.87. The molecule has 0 radical (unpaired) electrons. The van der Waals surface area contributed by atoms with Gasteiger partial charge in [-0.2, -0.15) is 5.26 Å². The van der Waals surface area contributed by atoms with E-state index < -0.39 is 5.92 Å². The van der Waals surface area contributed by atoms with Crippen molar-refractivity contribution in [1.29, 1.82) is 5.26 Å². The molecule has 62 valence electrons. The molecule has 0 N–H and O–H groups in total. The molecule has 0 amide bonds. The second-order valence-electron chi connectivity index (χ2n) is 2.55.